The number of aliphatic hydroxyl groups is 1. The summed E-state index contributed by atoms with van der Waals surface area (Å²) in [6.07, 6.45) is 0.961. The Morgan fingerprint density at radius 1 is 1.20 bits per heavy atom. The number of aryl methyl sites for hydroxylation is 2. The topological polar surface area (TPSA) is 92.4 Å². The van der Waals surface area contributed by atoms with Crippen LogP contribution in [0.4, 0.5) is 5.69 Å². The van der Waals surface area contributed by atoms with Crippen molar-refractivity contribution in [2.75, 3.05) is 12.3 Å². The summed E-state index contributed by atoms with van der Waals surface area (Å²) < 4.78 is 27.0. The molecule has 0 atom stereocenters. The minimum Gasteiger partial charge on any atom is -0.398 e. The van der Waals surface area contributed by atoms with Gasteiger partial charge in [-0.05, 0) is 49.9 Å². The molecule has 0 aliphatic rings. The Bertz CT molecular complexity index is 578. The van der Waals surface area contributed by atoms with Crippen LogP contribution in [0, 0.1) is 13.8 Å². The Hall–Kier alpha value is -1.11. The molecule has 0 unspecified atom stereocenters. The fourth-order valence-electron chi connectivity index (χ4n) is 1.85. The van der Waals surface area contributed by atoms with E-state index in [2.05, 4.69) is 4.72 Å². The summed E-state index contributed by atoms with van der Waals surface area (Å²) in [5, 5.41) is 10.1. The van der Waals surface area contributed by atoms with E-state index < -0.39 is 15.6 Å². The number of hydrogen-bond donors (Lipinski definition) is 3. The molecule has 0 aliphatic heterocycles. The molecule has 1 rings (SSSR count). The second kappa shape index (κ2) is 6.11. The van der Waals surface area contributed by atoms with Crippen molar-refractivity contribution < 1.29 is 13.5 Å². The zero-order chi connectivity index (χ0) is 15.6. The number of benzene rings is 1. The van der Waals surface area contributed by atoms with Gasteiger partial charge in [0, 0.05) is 6.54 Å². The molecule has 20 heavy (non-hydrogen) atoms. The molecule has 5 nitrogen and oxygen atoms in total. The first-order chi connectivity index (χ1) is 9.15. The standard InChI is InChI=1S/C14H24N2O3S/c1-5-14(17,6-2)9-16-20(18,19)13-8-11(4)10(3)7-12(13)15/h7-8,16-17H,5-6,9,15H2,1-4H3. The maximum Gasteiger partial charge on any atom is 0.242 e. The van der Waals surface area contributed by atoms with Crippen LogP contribution in [0.1, 0.15) is 37.8 Å². The van der Waals surface area contributed by atoms with Crippen molar-refractivity contribution in [3.8, 4) is 0 Å². The average molecular weight is 300 g/mol. The molecule has 0 spiro atoms. The number of anilines is 1. The average Bonchev–Trinajstić information content (AvgIpc) is 2.40. The number of nitrogens with one attached hydrogen (secondary N) is 1. The molecule has 0 saturated carbocycles. The highest BCUT2D eigenvalue weighted by molar-refractivity contribution is 7.89. The largest absolute Gasteiger partial charge is 0.398 e. The third kappa shape index (κ3) is 3.71. The van der Waals surface area contributed by atoms with Gasteiger partial charge in [-0.25, -0.2) is 13.1 Å². The first kappa shape index (κ1) is 16.9. The van der Waals surface area contributed by atoms with Crippen LogP contribution in [0.25, 0.3) is 0 Å². The van der Waals surface area contributed by atoms with E-state index in [4.69, 9.17) is 5.73 Å². The minimum atomic E-state index is -3.72. The molecule has 0 aliphatic carbocycles. The predicted octanol–water partition coefficient (Wildman–Crippen LogP) is 1.72. The second-order valence-electron chi connectivity index (χ2n) is 5.23. The Labute approximate surface area is 121 Å². The van der Waals surface area contributed by atoms with Gasteiger partial charge in [0.1, 0.15) is 4.90 Å². The van der Waals surface area contributed by atoms with Crippen LogP contribution in [-0.2, 0) is 10.0 Å². The summed E-state index contributed by atoms with van der Waals surface area (Å²) in [7, 11) is -3.72. The van der Waals surface area contributed by atoms with Crippen LogP contribution in [0.15, 0.2) is 17.0 Å². The molecule has 0 saturated heterocycles. The molecular formula is C14H24N2O3S. The molecular weight excluding hydrogens is 276 g/mol. The highest BCUT2D eigenvalue weighted by Crippen LogP contribution is 2.23. The second-order valence-corrected chi connectivity index (χ2v) is 6.97. The van der Waals surface area contributed by atoms with Gasteiger partial charge in [0.25, 0.3) is 0 Å². The minimum absolute atomic E-state index is 0.0191. The summed E-state index contributed by atoms with van der Waals surface area (Å²) >= 11 is 0. The van der Waals surface area contributed by atoms with Crippen molar-refractivity contribution in [2.24, 2.45) is 0 Å². The van der Waals surface area contributed by atoms with Crippen LogP contribution < -0.4 is 10.5 Å². The number of rotatable bonds is 6. The molecule has 0 heterocycles. The van der Waals surface area contributed by atoms with E-state index in [1.54, 1.807) is 12.1 Å². The molecule has 0 aromatic heterocycles. The van der Waals surface area contributed by atoms with Gasteiger partial charge >= 0.3 is 0 Å². The molecule has 1 aromatic rings. The van der Waals surface area contributed by atoms with E-state index in [0.717, 1.165) is 11.1 Å². The molecule has 1 aromatic carbocycles. The van der Waals surface area contributed by atoms with Gasteiger partial charge in [0.05, 0.1) is 11.3 Å². The highest BCUT2D eigenvalue weighted by Gasteiger charge is 2.26. The van der Waals surface area contributed by atoms with Crippen molar-refractivity contribution in [2.45, 2.75) is 51.0 Å². The van der Waals surface area contributed by atoms with Crippen LogP contribution in [0.2, 0.25) is 0 Å². The zero-order valence-electron chi connectivity index (χ0n) is 12.5. The van der Waals surface area contributed by atoms with Crippen LogP contribution >= 0.6 is 0 Å². The van der Waals surface area contributed by atoms with Gasteiger partial charge < -0.3 is 10.8 Å². The van der Waals surface area contributed by atoms with E-state index in [9.17, 15) is 13.5 Å². The Balaban J connectivity index is 3.04. The van der Waals surface area contributed by atoms with Crippen molar-refractivity contribution >= 4 is 15.7 Å². The van der Waals surface area contributed by atoms with Crippen molar-refractivity contribution in [3.63, 3.8) is 0 Å². The predicted molar refractivity (Wildman–Crippen MR) is 81.0 cm³/mol. The molecule has 0 fully saturated rings. The Morgan fingerprint density at radius 3 is 2.20 bits per heavy atom. The van der Waals surface area contributed by atoms with Gasteiger partial charge in [-0.15, -0.1) is 0 Å². The lowest BCUT2D eigenvalue weighted by atomic mass is 9.98. The quantitative estimate of drug-likeness (QED) is 0.697. The lowest BCUT2D eigenvalue weighted by Gasteiger charge is -2.25. The summed E-state index contributed by atoms with van der Waals surface area (Å²) in [6, 6.07) is 3.21. The van der Waals surface area contributed by atoms with Gasteiger partial charge in [0.2, 0.25) is 10.0 Å². The maximum atomic E-state index is 12.3. The lowest BCUT2D eigenvalue weighted by molar-refractivity contribution is 0.0377. The van der Waals surface area contributed by atoms with E-state index in [0.29, 0.717) is 12.8 Å². The molecule has 6 heteroatoms. The van der Waals surface area contributed by atoms with E-state index >= 15 is 0 Å². The molecule has 0 bridgehead atoms. The maximum absolute atomic E-state index is 12.3. The van der Waals surface area contributed by atoms with Gasteiger partial charge in [-0.1, -0.05) is 13.8 Å². The molecule has 4 N–H and O–H groups in total. The molecule has 114 valence electrons. The Kier molecular flexibility index (Phi) is 5.18. The smallest absolute Gasteiger partial charge is 0.242 e. The third-order valence-corrected chi connectivity index (χ3v) is 5.28. The van der Waals surface area contributed by atoms with Crippen molar-refractivity contribution in [1.82, 2.24) is 4.72 Å². The van der Waals surface area contributed by atoms with Gasteiger partial charge in [0.15, 0.2) is 0 Å². The van der Waals surface area contributed by atoms with Crippen LogP contribution in [0.3, 0.4) is 0 Å². The fraction of sp³-hybridized carbons (Fsp3) is 0.571. The zero-order valence-corrected chi connectivity index (χ0v) is 13.3. The summed E-state index contributed by atoms with van der Waals surface area (Å²) in [5.41, 5.74) is 6.80. The summed E-state index contributed by atoms with van der Waals surface area (Å²) in [5.74, 6) is 0. The van der Waals surface area contributed by atoms with E-state index in [1.165, 1.54) is 0 Å². The van der Waals surface area contributed by atoms with Crippen LogP contribution in [-0.4, -0.2) is 25.7 Å². The van der Waals surface area contributed by atoms with Crippen molar-refractivity contribution in [3.05, 3.63) is 23.3 Å². The van der Waals surface area contributed by atoms with Gasteiger partial charge in [-0.3, -0.25) is 0 Å². The molecule has 0 radical (unpaired) electrons. The monoisotopic (exact) mass is 300 g/mol. The summed E-state index contributed by atoms with van der Waals surface area (Å²) in [4.78, 5) is 0.0650. The van der Waals surface area contributed by atoms with Crippen molar-refractivity contribution in [1.29, 1.82) is 0 Å². The van der Waals surface area contributed by atoms with E-state index in [1.807, 2.05) is 27.7 Å². The Morgan fingerprint density at radius 2 is 1.70 bits per heavy atom. The van der Waals surface area contributed by atoms with Gasteiger partial charge in [-0.2, -0.15) is 0 Å². The number of hydrogen-bond acceptors (Lipinski definition) is 4. The SMILES string of the molecule is CCC(O)(CC)CNS(=O)(=O)c1cc(C)c(C)cc1N. The first-order valence-corrected chi connectivity index (χ1v) is 8.22. The summed E-state index contributed by atoms with van der Waals surface area (Å²) in [6.45, 7) is 7.34. The fourth-order valence-corrected chi connectivity index (χ4v) is 3.17. The third-order valence-electron chi connectivity index (χ3n) is 3.82. The van der Waals surface area contributed by atoms with E-state index in [-0.39, 0.29) is 17.1 Å². The first-order valence-electron chi connectivity index (χ1n) is 6.74. The normalized spacial score (nSPS) is 12.7. The highest BCUT2D eigenvalue weighted by atomic mass is 32.2. The lowest BCUT2D eigenvalue weighted by Crippen LogP contribution is -2.42. The van der Waals surface area contributed by atoms with Crippen LogP contribution in [0.5, 0.6) is 0 Å². The molecule has 0 amide bonds. The number of nitrogen functional groups attached to an aromatic ring is 1. The number of sulfonamides is 1. The number of nitrogens with two attached hydrogens (primary N) is 1.